The van der Waals surface area contributed by atoms with E-state index in [4.69, 9.17) is 10.00 Å². The highest BCUT2D eigenvalue weighted by molar-refractivity contribution is 5.69. The van der Waals surface area contributed by atoms with Crippen molar-refractivity contribution in [2.75, 3.05) is 0 Å². The fraction of sp³-hybridized carbons (Fsp3) is 0.316. The highest BCUT2D eigenvalue weighted by Crippen LogP contribution is 2.31. The Morgan fingerprint density at radius 1 is 1.10 bits per heavy atom. The van der Waals surface area contributed by atoms with Crippen molar-refractivity contribution in [1.29, 1.82) is 5.26 Å². The first-order valence-corrected chi connectivity index (χ1v) is 7.45. The molecule has 2 aromatic rings. The Labute approximate surface area is 127 Å². The van der Waals surface area contributed by atoms with E-state index >= 15 is 0 Å². The summed E-state index contributed by atoms with van der Waals surface area (Å²) in [7, 11) is 0. The maximum Gasteiger partial charge on any atom is 0.292 e. The van der Waals surface area contributed by atoms with Crippen LogP contribution in [0.25, 0.3) is 11.1 Å². The average Bonchev–Trinajstić information content (AvgIpc) is 2.49. The second kappa shape index (κ2) is 6.95. The van der Waals surface area contributed by atoms with Crippen LogP contribution in [0.4, 0.5) is 0 Å². The topological polar surface area (TPSA) is 33.0 Å². The number of nitrogens with zero attached hydrogens (tertiary/aromatic N) is 1. The zero-order chi connectivity index (χ0) is 15.2. The lowest BCUT2D eigenvalue weighted by Crippen LogP contribution is -1.95. The lowest BCUT2D eigenvalue weighted by atomic mass is 9.90. The summed E-state index contributed by atoms with van der Waals surface area (Å²) < 4.78 is 4.83. The Hall–Kier alpha value is -2.27. The molecular formula is C19H21NO. The minimum Gasteiger partial charge on any atom is -0.388 e. The quantitative estimate of drug-likeness (QED) is 0.697. The van der Waals surface area contributed by atoms with E-state index < -0.39 is 0 Å². The van der Waals surface area contributed by atoms with E-state index in [0.29, 0.717) is 11.7 Å². The number of rotatable bonds is 5. The molecule has 0 radical (unpaired) electrons. The smallest absolute Gasteiger partial charge is 0.292 e. The van der Waals surface area contributed by atoms with E-state index in [1.807, 2.05) is 24.3 Å². The van der Waals surface area contributed by atoms with Gasteiger partial charge >= 0.3 is 0 Å². The Morgan fingerprint density at radius 3 is 2.38 bits per heavy atom. The molecular weight excluding hydrogens is 258 g/mol. The van der Waals surface area contributed by atoms with Crippen molar-refractivity contribution in [1.82, 2.24) is 0 Å². The molecule has 0 aromatic heterocycles. The highest BCUT2D eigenvalue weighted by atomic mass is 16.5. The molecule has 2 heteroatoms. The molecule has 0 saturated carbocycles. The second-order valence-corrected chi connectivity index (χ2v) is 5.54. The van der Waals surface area contributed by atoms with Crippen LogP contribution >= 0.6 is 0 Å². The third-order valence-corrected chi connectivity index (χ3v) is 3.61. The van der Waals surface area contributed by atoms with Crippen LogP contribution in [0.3, 0.4) is 0 Å². The standard InChI is InChI=1S/C19H21NO/c1-4-5-15-6-11-18(19(12-15)14(2)3)16-7-9-17(10-8-16)21-13-20/h6-12,14H,4-5H2,1-3H3. The van der Waals surface area contributed by atoms with Gasteiger partial charge in [0.05, 0.1) is 0 Å². The van der Waals surface area contributed by atoms with Gasteiger partial charge in [0.25, 0.3) is 6.26 Å². The highest BCUT2D eigenvalue weighted by Gasteiger charge is 2.10. The molecule has 108 valence electrons. The van der Waals surface area contributed by atoms with Crippen LogP contribution in [0.15, 0.2) is 42.5 Å². The molecule has 0 saturated heterocycles. The molecule has 21 heavy (non-hydrogen) atoms. The predicted molar refractivity (Wildman–Crippen MR) is 86.2 cm³/mol. The summed E-state index contributed by atoms with van der Waals surface area (Å²) in [6, 6.07) is 14.4. The lowest BCUT2D eigenvalue weighted by molar-refractivity contribution is 0.507. The maximum atomic E-state index is 8.53. The molecule has 2 nitrogen and oxygen atoms in total. The Balaban J connectivity index is 2.40. The first-order chi connectivity index (χ1) is 10.2. The molecule has 0 aliphatic rings. The normalized spacial score (nSPS) is 10.4. The van der Waals surface area contributed by atoms with Gasteiger partial charge < -0.3 is 4.74 Å². The molecule has 0 heterocycles. The first kappa shape index (κ1) is 15.1. The summed E-state index contributed by atoms with van der Waals surface area (Å²) >= 11 is 0. The summed E-state index contributed by atoms with van der Waals surface area (Å²) in [5.74, 6) is 1.06. The van der Waals surface area contributed by atoms with Crippen molar-refractivity contribution in [2.45, 2.75) is 39.5 Å². The van der Waals surface area contributed by atoms with Crippen LogP contribution in [0, 0.1) is 11.5 Å². The van der Waals surface area contributed by atoms with Crippen molar-refractivity contribution in [2.24, 2.45) is 0 Å². The number of hydrogen-bond donors (Lipinski definition) is 0. The van der Waals surface area contributed by atoms with Crippen LogP contribution in [-0.2, 0) is 6.42 Å². The van der Waals surface area contributed by atoms with E-state index in [0.717, 1.165) is 18.4 Å². The minimum absolute atomic E-state index is 0.479. The summed E-state index contributed by atoms with van der Waals surface area (Å²) in [6.07, 6.45) is 3.98. The molecule has 0 bridgehead atoms. The van der Waals surface area contributed by atoms with E-state index in [1.165, 1.54) is 16.7 Å². The largest absolute Gasteiger partial charge is 0.388 e. The van der Waals surface area contributed by atoms with Gasteiger partial charge in [0.2, 0.25) is 0 Å². The Morgan fingerprint density at radius 2 is 1.81 bits per heavy atom. The van der Waals surface area contributed by atoms with E-state index in [-0.39, 0.29) is 0 Å². The van der Waals surface area contributed by atoms with E-state index in [1.54, 1.807) is 6.26 Å². The van der Waals surface area contributed by atoms with Crippen LogP contribution in [0.5, 0.6) is 5.75 Å². The molecule has 0 spiro atoms. The van der Waals surface area contributed by atoms with Gasteiger partial charge in [0.15, 0.2) is 0 Å². The van der Waals surface area contributed by atoms with E-state index in [2.05, 4.69) is 39.0 Å². The van der Waals surface area contributed by atoms with Crippen molar-refractivity contribution < 1.29 is 4.74 Å². The van der Waals surface area contributed by atoms with Crippen molar-refractivity contribution >= 4 is 0 Å². The zero-order valence-corrected chi connectivity index (χ0v) is 12.9. The van der Waals surface area contributed by atoms with E-state index in [9.17, 15) is 0 Å². The number of nitriles is 1. The predicted octanol–water partition coefficient (Wildman–Crippen LogP) is 5.29. The van der Waals surface area contributed by atoms with Gasteiger partial charge in [-0.05, 0) is 46.7 Å². The van der Waals surface area contributed by atoms with Gasteiger partial charge in [-0.2, -0.15) is 0 Å². The molecule has 0 amide bonds. The first-order valence-electron chi connectivity index (χ1n) is 7.45. The molecule has 0 N–H and O–H groups in total. The van der Waals surface area contributed by atoms with Gasteiger partial charge in [-0.15, -0.1) is 5.26 Å². The minimum atomic E-state index is 0.479. The number of aryl methyl sites for hydroxylation is 1. The van der Waals surface area contributed by atoms with Gasteiger partial charge in [-0.25, -0.2) is 0 Å². The number of hydrogen-bond acceptors (Lipinski definition) is 2. The molecule has 0 atom stereocenters. The fourth-order valence-electron chi connectivity index (χ4n) is 2.55. The summed E-state index contributed by atoms with van der Waals surface area (Å²) in [5.41, 5.74) is 5.18. The molecule has 0 unspecified atom stereocenters. The summed E-state index contributed by atoms with van der Waals surface area (Å²) in [6.45, 7) is 6.65. The lowest BCUT2D eigenvalue weighted by Gasteiger charge is -2.15. The molecule has 2 rings (SSSR count). The second-order valence-electron chi connectivity index (χ2n) is 5.54. The Kier molecular flexibility index (Phi) is 5.00. The third-order valence-electron chi connectivity index (χ3n) is 3.61. The van der Waals surface area contributed by atoms with Crippen LogP contribution in [0.1, 0.15) is 44.2 Å². The molecule has 2 aromatic carbocycles. The monoisotopic (exact) mass is 279 g/mol. The number of ether oxygens (including phenoxy) is 1. The van der Waals surface area contributed by atoms with Crippen molar-refractivity contribution in [3.05, 3.63) is 53.6 Å². The average molecular weight is 279 g/mol. The zero-order valence-electron chi connectivity index (χ0n) is 12.9. The molecule has 0 aliphatic heterocycles. The summed E-state index contributed by atoms with van der Waals surface area (Å²) in [5, 5.41) is 8.53. The van der Waals surface area contributed by atoms with Gasteiger partial charge in [0, 0.05) is 0 Å². The van der Waals surface area contributed by atoms with Crippen LogP contribution < -0.4 is 4.74 Å². The fourth-order valence-corrected chi connectivity index (χ4v) is 2.55. The summed E-state index contributed by atoms with van der Waals surface area (Å²) in [4.78, 5) is 0. The van der Waals surface area contributed by atoms with Crippen LogP contribution in [-0.4, -0.2) is 0 Å². The van der Waals surface area contributed by atoms with Crippen molar-refractivity contribution in [3.8, 4) is 23.1 Å². The van der Waals surface area contributed by atoms with Gasteiger partial charge in [-0.1, -0.05) is 57.5 Å². The SMILES string of the molecule is CCCc1ccc(-c2ccc(OC#N)cc2)c(C(C)C)c1. The number of benzene rings is 2. The molecule has 0 fully saturated rings. The Bertz CT molecular complexity index is 636. The maximum absolute atomic E-state index is 8.53. The van der Waals surface area contributed by atoms with Crippen LogP contribution in [0.2, 0.25) is 0 Å². The van der Waals surface area contributed by atoms with Gasteiger partial charge in [-0.3, -0.25) is 0 Å². The molecule has 0 aliphatic carbocycles. The third kappa shape index (κ3) is 3.64. The van der Waals surface area contributed by atoms with Crippen molar-refractivity contribution in [3.63, 3.8) is 0 Å². The van der Waals surface area contributed by atoms with Gasteiger partial charge in [0.1, 0.15) is 5.75 Å².